The summed E-state index contributed by atoms with van der Waals surface area (Å²) in [5.74, 6) is 0.863. The van der Waals surface area contributed by atoms with Gasteiger partial charge in [-0.25, -0.2) is 0 Å². The van der Waals surface area contributed by atoms with E-state index >= 15 is 0 Å². The minimum absolute atomic E-state index is 0. The number of para-hydroxylation sites is 1. The van der Waals surface area contributed by atoms with Crippen LogP contribution in [0, 0.1) is 6.92 Å². The maximum atomic E-state index is 10.1. The summed E-state index contributed by atoms with van der Waals surface area (Å²) in [5, 5.41) is 10.1. The zero-order valence-electron chi connectivity index (χ0n) is 13.0. The van der Waals surface area contributed by atoms with Crippen molar-refractivity contribution in [1.29, 1.82) is 0 Å². The SMILES string of the molecule is CCN1CCN(CC(O)COc2ccccc2C)CC1.Cl. The lowest BCUT2D eigenvalue weighted by Crippen LogP contribution is -2.49. The van der Waals surface area contributed by atoms with Gasteiger partial charge in [-0.1, -0.05) is 25.1 Å². The zero-order chi connectivity index (χ0) is 14.4. The molecule has 0 amide bonds. The van der Waals surface area contributed by atoms with Crippen LogP contribution in [0.3, 0.4) is 0 Å². The van der Waals surface area contributed by atoms with Crippen LogP contribution < -0.4 is 4.74 Å². The number of likely N-dealkylation sites (N-methyl/N-ethyl adjacent to an activating group) is 1. The molecule has 1 unspecified atom stereocenters. The van der Waals surface area contributed by atoms with E-state index in [0.29, 0.717) is 13.2 Å². The van der Waals surface area contributed by atoms with E-state index in [2.05, 4.69) is 16.7 Å². The Morgan fingerprint density at radius 1 is 1.14 bits per heavy atom. The van der Waals surface area contributed by atoms with Gasteiger partial charge in [-0.15, -0.1) is 12.4 Å². The van der Waals surface area contributed by atoms with Crippen molar-refractivity contribution in [3.8, 4) is 5.75 Å². The molecule has 1 saturated heterocycles. The van der Waals surface area contributed by atoms with Gasteiger partial charge < -0.3 is 14.7 Å². The van der Waals surface area contributed by atoms with Crippen molar-refractivity contribution in [3.63, 3.8) is 0 Å². The zero-order valence-corrected chi connectivity index (χ0v) is 13.8. The predicted octanol–water partition coefficient (Wildman–Crippen LogP) is 1.79. The van der Waals surface area contributed by atoms with Crippen LogP contribution in [0.1, 0.15) is 12.5 Å². The molecule has 2 rings (SSSR count). The lowest BCUT2D eigenvalue weighted by molar-refractivity contribution is 0.0469. The highest BCUT2D eigenvalue weighted by Crippen LogP contribution is 2.16. The number of hydrogen-bond donors (Lipinski definition) is 1. The molecule has 1 heterocycles. The van der Waals surface area contributed by atoms with Gasteiger partial charge >= 0.3 is 0 Å². The molecule has 1 aromatic carbocycles. The van der Waals surface area contributed by atoms with Crippen molar-refractivity contribution in [2.75, 3.05) is 45.9 Å². The van der Waals surface area contributed by atoms with Crippen LogP contribution in [-0.4, -0.2) is 66.9 Å². The summed E-state index contributed by atoms with van der Waals surface area (Å²) in [5.41, 5.74) is 1.11. The number of nitrogens with zero attached hydrogens (tertiary/aromatic N) is 2. The van der Waals surface area contributed by atoms with E-state index in [1.54, 1.807) is 0 Å². The molecule has 4 nitrogen and oxygen atoms in total. The fourth-order valence-electron chi connectivity index (χ4n) is 2.54. The Kier molecular flexibility index (Phi) is 8.04. The number of benzene rings is 1. The monoisotopic (exact) mass is 314 g/mol. The first-order valence-corrected chi connectivity index (χ1v) is 7.50. The van der Waals surface area contributed by atoms with Crippen molar-refractivity contribution in [2.45, 2.75) is 20.0 Å². The van der Waals surface area contributed by atoms with Crippen LogP contribution >= 0.6 is 12.4 Å². The molecule has 1 aliphatic rings. The van der Waals surface area contributed by atoms with Gasteiger partial charge in [0, 0.05) is 32.7 Å². The van der Waals surface area contributed by atoms with Crippen LogP contribution in [0.25, 0.3) is 0 Å². The molecule has 1 atom stereocenters. The summed E-state index contributed by atoms with van der Waals surface area (Å²) in [7, 11) is 0. The van der Waals surface area contributed by atoms with Crippen molar-refractivity contribution >= 4 is 12.4 Å². The standard InChI is InChI=1S/C16H26N2O2.ClH/c1-3-17-8-10-18(11-9-17)12-15(19)13-20-16-7-5-4-6-14(16)2;/h4-7,15,19H,3,8-13H2,1-2H3;1H. The maximum absolute atomic E-state index is 10.1. The third kappa shape index (κ3) is 5.83. The number of aliphatic hydroxyl groups is 1. The fourth-order valence-corrected chi connectivity index (χ4v) is 2.54. The molecule has 120 valence electrons. The highest BCUT2D eigenvalue weighted by molar-refractivity contribution is 5.85. The lowest BCUT2D eigenvalue weighted by Gasteiger charge is -2.34. The van der Waals surface area contributed by atoms with Crippen molar-refractivity contribution in [1.82, 2.24) is 9.80 Å². The summed E-state index contributed by atoms with van der Waals surface area (Å²) in [6, 6.07) is 7.91. The van der Waals surface area contributed by atoms with Gasteiger partial charge in [-0.05, 0) is 25.1 Å². The Morgan fingerprint density at radius 2 is 1.76 bits per heavy atom. The first-order valence-electron chi connectivity index (χ1n) is 7.50. The normalized spacial score (nSPS) is 18.0. The van der Waals surface area contributed by atoms with Crippen LogP contribution in [0.5, 0.6) is 5.75 Å². The van der Waals surface area contributed by atoms with E-state index in [1.807, 2.05) is 31.2 Å². The summed E-state index contributed by atoms with van der Waals surface area (Å²) < 4.78 is 5.70. The van der Waals surface area contributed by atoms with Gasteiger partial charge in [0.2, 0.25) is 0 Å². The molecule has 0 spiro atoms. The van der Waals surface area contributed by atoms with Crippen LogP contribution in [0.2, 0.25) is 0 Å². The Balaban J connectivity index is 0.00000220. The second-order valence-electron chi connectivity index (χ2n) is 5.47. The smallest absolute Gasteiger partial charge is 0.122 e. The largest absolute Gasteiger partial charge is 0.491 e. The average molecular weight is 315 g/mol. The number of rotatable bonds is 6. The Morgan fingerprint density at radius 3 is 2.38 bits per heavy atom. The third-order valence-electron chi connectivity index (χ3n) is 3.91. The maximum Gasteiger partial charge on any atom is 0.122 e. The van der Waals surface area contributed by atoms with Crippen molar-refractivity contribution in [2.24, 2.45) is 0 Å². The third-order valence-corrected chi connectivity index (χ3v) is 3.91. The minimum atomic E-state index is -0.428. The number of halogens is 1. The second kappa shape index (κ2) is 9.26. The number of piperazine rings is 1. The highest BCUT2D eigenvalue weighted by atomic mass is 35.5. The van der Waals surface area contributed by atoms with Gasteiger partial charge in [0.05, 0.1) is 0 Å². The molecule has 0 radical (unpaired) electrons. The Bertz CT molecular complexity index is 409. The predicted molar refractivity (Wildman–Crippen MR) is 88.5 cm³/mol. The molecule has 0 aromatic heterocycles. The first kappa shape index (κ1) is 18.2. The van der Waals surface area contributed by atoms with Crippen LogP contribution in [0.4, 0.5) is 0 Å². The van der Waals surface area contributed by atoms with Gasteiger partial charge in [-0.2, -0.15) is 0 Å². The number of β-amino-alcohol motifs (C(OH)–C–C–N with tert-alkyl or cyclic N) is 1. The molecule has 0 aliphatic carbocycles. The van der Waals surface area contributed by atoms with E-state index < -0.39 is 6.10 Å². The van der Waals surface area contributed by atoms with Crippen LogP contribution in [0.15, 0.2) is 24.3 Å². The molecule has 1 aliphatic heterocycles. The summed E-state index contributed by atoms with van der Waals surface area (Å²) >= 11 is 0. The molecule has 0 bridgehead atoms. The molecular weight excluding hydrogens is 288 g/mol. The van der Waals surface area contributed by atoms with Crippen molar-refractivity contribution < 1.29 is 9.84 Å². The van der Waals surface area contributed by atoms with Gasteiger partial charge in [0.25, 0.3) is 0 Å². The van der Waals surface area contributed by atoms with Gasteiger partial charge in [0.15, 0.2) is 0 Å². The number of hydrogen-bond acceptors (Lipinski definition) is 4. The van der Waals surface area contributed by atoms with Gasteiger partial charge in [0.1, 0.15) is 18.5 Å². The Hall–Kier alpha value is -0.810. The fraction of sp³-hybridized carbons (Fsp3) is 0.625. The first-order chi connectivity index (χ1) is 9.69. The molecular formula is C16H27ClN2O2. The van der Waals surface area contributed by atoms with E-state index in [0.717, 1.165) is 44.0 Å². The molecule has 1 aromatic rings. The summed E-state index contributed by atoms with van der Waals surface area (Å²) in [6.07, 6.45) is -0.428. The summed E-state index contributed by atoms with van der Waals surface area (Å²) in [6.45, 7) is 10.7. The molecule has 1 fully saturated rings. The van der Waals surface area contributed by atoms with E-state index in [9.17, 15) is 5.11 Å². The second-order valence-corrected chi connectivity index (χ2v) is 5.47. The van der Waals surface area contributed by atoms with E-state index in [4.69, 9.17) is 4.74 Å². The molecule has 1 N–H and O–H groups in total. The quantitative estimate of drug-likeness (QED) is 0.868. The number of ether oxygens (including phenoxy) is 1. The topological polar surface area (TPSA) is 35.9 Å². The average Bonchev–Trinajstić information content (AvgIpc) is 2.47. The molecule has 0 saturated carbocycles. The lowest BCUT2D eigenvalue weighted by atomic mass is 10.2. The molecule has 21 heavy (non-hydrogen) atoms. The van der Waals surface area contributed by atoms with E-state index in [-0.39, 0.29) is 12.4 Å². The van der Waals surface area contributed by atoms with Crippen LogP contribution in [-0.2, 0) is 0 Å². The van der Waals surface area contributed by atoms with Gasteiger partial charge in [-0.3, -0.25) is 4.90 Å². The minimum Gasteiger partial charge on any atom is -0.491 e. The highest BCUT2D eigenvalue weighted by Gasteiger charge is 2.18. The summed E-state index contributed by atoms with van der Waals surface area (Å²) in [4.78, 5) is 4.75. The van der Waals surface area contributed by atoms with E-state index in [1.165, 1.54) is 0 Å². The number of aryl methyl sites for hydroxylation is 1. The Labute approximate surface area is 134 Å². The van der Waals surface area contributed by atoms with Crippen molar-refractivity contribution in [3.05, 3.63) is 29.8 Å². The molecule has 5 heteroatoms. The number of aliphatic hydroxyl groups excluding tert-OH is 1.